The van der Waals surface area contributed by atoms with Crippen molar-refractivity contribution in [2.24, 2.45) is 0 Å². The number of piperazine rings is 1. The number of ketones is 1. The summed E-state index contributed by atoms with van der Waals surface area (Å²) >= 11 is 0. The molecule has 1 aliphatic heterocycles. The first-order valence-electron chi connectivity index (χ1n) is 7.03. The number of imidazole rings is 1. The number of H-pyrrole nitrogens is 1. The summed E-state index contributed by atoms with van der Waals surface area (Å²) in [6, 6.07) is 6.28. The first-order valence-corrected chi connectivity index (χ1v) is 7.03. The molecule has 1 aliphatic rings. The summed E-state index contributed by atoms with van der Waals surface area (Å²) in [5.41, 5.74) is 3.17. The Bertz CT molecular complexity index is 626. The Labute approximate surface area is 118 Å². The minimum Gasteiger partial charge on any atom is -0.369 e. The number of hydrogen-bond donors (Lipinski definition) is 1. The van der Waals surface area contributed by atoms with Crippen LogP contribution in [0.2, 0.25) is 0 Å². The molecule has 106 valence electrons. The largest absolute Gasteiger partial charge is 0.369 e. The number of fused-ring (bicyclic) bond motifs is 1. The van der Waals surface area contributed by atoms with Crippen LogP contribution in [0, 0.1) is 0 Å². The minimum atomic E-state index is 0.128. The zero-order chi connectivity index (χ0) is 14.1. The molecule has 1 saturated heterocycles. The van der Waals surface area contributed by atoms with E-state index >= 15 is 0 Å². The van der Waals surface area contributed by atoms with Crippen LogP contribution in [0.3, 0.4) is 0 Å². The van der Waals surface area contributed by atoms with Gasteiger partial charge in [0.05, 0.1) is 17.5 Å². The molecule has 3 rings (SSSR count). The zero-order valence-electron chi connectivity index (χ0n) is 12.0. The van der Waals surface area contributed by atoms with Gasteiger partial charge >= 0.3 is 0 Å². The van der Waals surface area contributed by atoms with Crippen LogP contribution < -0.4 is 4.90 Å². The van der Waals surface area contributed by atoms with E-state index in [4.69, 9.17) is 0 Å². The maximum atomic E-state index is 11.2. The van der Waals surface area contributed by atoms with Gasteiger partial charge in [-0.15, -0.1) is 0 Å². The third kappa shape index (κ3) is 2.67. The summed E-state index contributed by atoms with van der Waals surface area (Å²) in [4.78, 5) is 23.6. The number of carbonyl (C=O) groups excluding carboxylic acids is 1. The Morgan fingerprint density at radius 1 is 1.30 bits per heavy atom. The van der Waals surface area contributed by atoms with Crippen molar-refractivity contribution >= 4 is 22.5 Å². The minimum absolute atomic E-state index is 0.128. The summed E-state index contributed by atoms with van der Waals surface area (Å²) in [5.74, 6) is 0.881. The van der Waals surface area contributed by atoms with Crippen LogP contribution in [0.1, 0.15) is 12.7 Å². The fraction of sp³-hybridized carbons (Fsp3) is 0.467. The molecule has 5 nitrogen and oxygen atoms in total. The lowest BCUT2D eigenvalue weighted by atomic mass is 10.2. The standard InChI is InChI=1S/C15H20N4O/c1-11(20)9-15-16-13-4-3-12(10-14(13)17-15)19-7-5-18(2)6-8-19/h3-4,10H,5-9H2,1-2H3,(H,16,17). The topological polar surface area (TPSA) is 52.2 Å². The molecule has 1 fully saturated rings. The van der Waals surface area contributed by atoms with Crippen molar-refractivity contribution in [2.75, 3.05) is 38.1 Å². The quantitative estimate of drug-likeness (QED) is 0.919. The molecule has 1 aromatic heterocycles. The zero-order valence-corrected chi connectivity index (χ0v) is 12.0. The highest BCUT2D eigenvalue weighted by Crippen LogP contribution is 2.22. The number of carbonyl (C=O) groups is 1. The summed E-state index contributed by atoms with van der Waals surface area (Å²) in [6.45, 7) is 5.88. The van der Waals surface area contributed by atoms with Crippen molar-refractivity contribution in [3.05, 3.63) is 24.0 Å². The molecule has 0 unspecified atom stereocenters. The predicted octanol–water partition coefficient (Wildman–Crippen LogP) is 1.45. The number of aromatic nitrogens is 2. The van der Waals surface area contributed by atoms with Gasteiger partial charge in [-0.1, -0.05) is 0 Å². The Morgan fingerprint density at radius 3 is 2.75 bits per heavy atom. The molecule has 0 radical (unpaired) electrons. The van der Waals surface area contributed by atoms with E-state index in [1.807, 2.05) is 6.07 Å². The first kappa shape index (κ1) is 13.1. The lowest BCUT2D eigenvalue weighted by Gasteiger charge is -2.34. The Hall–Kier alpha value is -1.88. The van der Waals surface area contributed by atoms with Crippen LogP contribution in [-0.2, 0) is 11.2 Å². The molecular weight excluding hydrogens is 252 g/mol. The molecule has 0 atom stereocenters. The molecule has 0 spiro atoms. The molecule has 1 N–H and O–H groups in total. The molecule has 0 aliphatic carbocycles. The number of anilines is 1. The number of rotatable bonds is 3. The van der Waals surface area contributed by atoms with Gasteiger partial charge in [-0.2, -0.15) is 0 Å². The highest BCUT2D eigenvalue weighted by molar-refractivity contribution is 5.82. The number of aromatic amines is 1. The first-order chi connectivity index (χ1) is 9.61. The smallest absolute Gasteiger partial charge is 0.137 e. The number of hydrogen-bond acceptors (Lipinski definition) is 4. The van der Waals surface area contributed by atoms with Gasteiger partial charge < -0.3 is 14.8 Å². The Balaban J connectivity index is 1.84. The van der Waals surface area contributed by atoms with Crippen molar-refractivity contribution in [3.63, 3.8) is 0 Å². The highest BCUT2D eigenvalue weighted by atomic mass is 16.1. The monoisotopic (exact) mass is 272 g/mol. The summed E-state index contributed by atoms with van der Waals surface area (Å²) in [7, 11) is 2.16. The molecule has 1 aromatic carbocycles. The Morgan fingerprint density at radius 2 is 2.05 bits per heavy atom. The van der Waals surface area contributed by atoms with Gasteiger partial charge in [0, 0.05) is 31.9 Å². The van der Waals surface area contributed by atoms with E-state index in [1.54, 1.807) is 6.92 Å². The fourth-order valence-electron chi connectivity index (χ4n) is 2.63. The average Bonchev–Trinajstić information content (AvgIpc) is 2.79. The van der Waals surface area contributed by atoms with E-state index in [9.17, 15) is 4.79 Å². The molecular formula is C15H20N4O. The van der Waals surface area contributed by atoms with Crippen LogP contribution in [-0.4, -0.2) is 53.9 Å². The van der Waals surface area contributed by atoms with Crippen molar-refractivity contribution in [1.82, 2.24) is 14.9 Å². The van der Waals surface area contributed by atoms with Crippen LogP contribution in [0.5, 0.6) is 0 Å². The summed E-state index contributed by atoms with van der Waals surface area (Å²) in [6.07, 6.45) is 0.374. The highest BCUT2D eigenvalue weighted by Gasteiger charge is 2.15. The summed E-state index contributed by atoms with van der Waals surface area (Å²) in [5, 5.41) is 0. The van der Waals surface area contributed by atoms with E-state index in [2.05, 4.69) is 38.9 Å². The predicted molar refractivity (Wildman–Crippen MR) is 80.2 cm³/mol. The normalized spacial score (nSPS) is 16.8. The van der Waals surface area contributed by atoms with Gasteiger partial charge in [-0.25, -0.2) is 4.98 Å². The van der Waals surface area contributed by atoms with Gasteiger partial charge in [0.1, 0.15) is 11.6 Å². The molecule has 5 heteroatoms. The maximum Gasteiger partial charge on any atom is 0.137 e. The molecule has 0 amide bonds. The molecule has 2 heterocycles. The number of likely N-dealkylation sites (N-methyl/N-ethyl adjacent to an activating group) is 1. The van der Waals surface area contributed by atoms with Crippen molar-refractivity contribution < 1.29 is 4.79 Å². The fourth-order valence-corrected chi connectivity index (χ4v) is 2.63. The van der Waals surface area contributed by atoms with Gasteiger partial charge in [0.15, 0.2) is 0 Å². The van der Waals surface area contributed by atoms with Gasteiger partial charge in [-0.05, 0) is 32.2 Å². The second-order valence-corrected chi connectivity index (χ2v) is 5.55. The van der Waals surface area contributed by atoms with E-state index in [0.29, 0.717) is 6.42 Å². The lowest BCUT2D eigenvalue weighted by Crippen LogP contribution is -2.44. The SMILES string of the molecule is CC(=O)Cc1nc2ccc(N3CCN(C)CC3)cc2[nH]1. The van der Waals surface area contributed by atoms with E-state index in [0.717, 1.165) is 43.0 Å². The lowest BCUT2D eigenvalue weighted by molar-refractivity contribution is -0.116. The van der Waals surface area contributed by atoms with Crippen LogP contribution >= 0.6 is 0 Å². The molecule has 2 aromatic rings. The van der Waals surface area contributed by atoms with E-state index < -0.39 is 0 Å². The van der Waals surface area contributed by atoms with Gasteiger partial charge in [0.25, 0.3) is 0 Å². The van der Waals surface area contributed by atoms with Crippen LogP contribution in [0.25, 0.3) is 11.0 Å². The number of benzene rings is 1. The maximum absolute atomic E-state index is 11.2. The van der Waals surface area contributed by atoms with Gasteiger partial charge in [0.2, 0.25) is 0 Å². The molecule has 0 saturated carbocycles. The number of nitrogens with zero attached hydrogens (tertiary/aromatic N) is 3. The van der Waals surface area contributed by atoms with Crippen molar-refractivity contribution in [1.29, 1.82) is 0 Å². The van der Waals surface area contributed by atoms with Crippen molar-refractivity contribution in [3.8, 4) is 0 Å². The third-order valence-corrected chi connectivity index (χ3v) is 3.80. The number of nitrogens with one attached hydrogen (secondary N) is 1. The third-order valence-electron chi connectivity index (χ3n) is 3.80. The second-order valence-electron chi connectivity index (χ2n) is 5.55. The van der Waals surface area contributed by atoms with E-state index in [-0.39, 0.29) is 5.78 Å². The van der Waals surface area contributed by atoms with Crippen molar-refractivity contribution in [2.45, 2.75) is 13.3 Å². The number of Topliss-reactive ketones (excluding diaryl/α,β-unsaturated/α-hetero) is 1. The summed E-state index contributed by atoms with van der Waals surface area (Å²) < 4.78 is 0. The van der Waals surface area contributed by atoms with Crippen LogP contribution in [0.4, 0.5) is 5.69 Å². The van der Waals surface area contributed by atoms with E-state index in [1.165, 1.54) is 5.69 Å². The Kier molecular flexibility index (Phi) is 3.44. The van der Waals surface area contributed by atoms with Crippen LogP contribution in [0.15, 0.2) is 18.2 Å². The molecule has 20 heavy (non-hydrogen) atoms. The second kappa shape index (κ2) is 5.25. The van der Waals surface area contributed by atoms with Gasteiger partial charge in [-0.3, -0.25) is 4.79 Å². The molecule has 0 bridgehead atoms. The average molecular weight is 272 g/mol.